The molecule has 1 saturated heterocycles. The van der Waals surface area contributed by atoms with Crippen molar-refractivity contribution in [1.29, 1.82) is 0 Å². The van der Waals surface area contributed by atoms with Gasteiger partial charge in [0.05, 0.1) is 19.3 Å². The Morgan fingerprint density at radius 1 is 1.43 bits per heavy atom. The van der Waals surface area contributed by atoms with E-state index in [0.29, 0.717) is 6.61 Å². The summed E-state index contributed by atoms with van der Waals surface area (Å²) < 4.78 is 11.5. The molecular formula is C17H28N4O2. The second-order valence-electron chi connectivity index (χ2n) is 5.77. The fraction of sp³-hybridized carbons (Fsp3) is 0.588. The van der Waals surface area contributed by atoms with E-state index in [1.54, 1.807) is 7.05 Å². The molecule has 0 spiro atoms. The van der Waals surface area contributed by atoms with E-state index in [0.717, 1.165) is 44.5 Å². The molecule has 1 aromatic rings. The lowest BCUT2D eigenvalue weighted by atomic mass is 10.3. The summed E-state index contributed by atoms with van der Waals surface area (Å²) in [5.41, 5.74) is 0. The lowest BCUT2D eigenvalue weighted by Gasteiger charge is -2.31. The summed E-state index contributed by atoms with van der Waals surface area (Å²) in [5.74, 6) is 1.75. The average Bonchev–Trinajstić information content (AvgIpc) is 2.56. The number of hydrogen-bond donors (Lipinski definition) is 1. The maximum absolute atomic E-state index is 5.76. The third-order valence-corrected chi connectivity index (χ3v) is 3.84. The highest BCUT2D eigenvalue weighted by atomic mass is 16.5. The summed E-state index contributed by atoms with van der Waals surface area (Å²) in [6.45, 7) is 4.89. The molecule has 6 heteroatoms. The zero-order valence-corrected chi connectivity index (χ0v) is 14.4. The average molecular weight is 320 g/mol. The molecule has 1 aromatic carbocycles. The van der Waals surface area contributed by atoms with Crippen molar-refractivity contribution in [1.82, 2.24) is 15.1 Å². The smallest absolute Gasteiger partial charge is 0.193 e. The molecule has 0 bridgehead atoms. The molecule has 1 atom stereocenters. The fourth-order valence-corrected chi connectivity index (χ4v) is 2.50. The summed E-state index contributed by atoms with van der Waals surface area (Å²) in [5, 5.41) is 3.38. The predicted octanol–water partition coefficient (Wildman–Crippen LogP) is 0.903. The van der Waals surface area contributed by atoms with Crippen molar-refractivity contribution in [3.05, 3.63) is 30.3 Å². The molecule has 0 amide bonds. The Morgan fingerprint density at radius 2 is 2.22 bits per heavy atom. The number of nitrogens with zero attached hydrogens (tertiary/aromatic N) is 3. The minimum absolute atomic E-state index is 0.208. The van der Waals surface area contributed by atoms with Gasteiger partial charge in [-0.3, -0.25) is 4.99 Å². The van der Waals surface area contributed by atoms with Gasteiger partial charge in [0.15, 0.2) is 5.96 Å². The van der Waals surface area contributed by atoms with Crippen LogP contribution in [0.3, 0.4) is 0 Å². The number of nitrogens with one attached hydrogen (secondary N) is 1. The van der Waals surface area contributed by atoms with E-state index in [9.17, 15) is 0 Å². The van der Waals surface area contributed by atoms with Crippen LogP contribution >= 0.6 is 0 Å². The summed E-state index contributed by atoms with van der Waals surface area (Å²) in [6.07, 6.45) is 0.208. The maximum Gasteiger partial charge on any atom is 0.193 e. The lowest BCUT2D eigenvalue weighted by molar-refractivity contribution is -0.0163. The Morgan fingerprint density at radius 3 is 2.91 bits per heavy atom. The lowest BCUT2D eigenvalue weighted by Crippen LogP contribution is -2.49. The molecule has 0 radical (unpaired) electrons. The SMILES string of the molecule is CN=C(NCC1CN(C)CCO1)N(C)CCOc1ccccc1. The van der Waals surface area contributed by atoms with Gasteiger partial charge in [0.25, 0.3) is 0 Å². The first-order valence-electron chi connectivity index (χ1n) is 8.09. The van der Waals surface area contributed by atoms with Gasteiger partial charge >= 0.3 is 0 Å². The van der Waals surface area contributed by atoms with Crippen LogP contribution in [0.4, 0.5) is 0 Å². The van der Waals surface area contributed by atoms with Crippen molar-refractivity contribution in [3.63, 3.8) is 0 Å². The minimum atomic E-state index is 0.208. The molecule has 2 rings (SSSR count). The van der Waals surface area contributed by atoms with Crippen LogP contribution in [-0.2, 0) is 4.74 Å². The Labute approximate surface area is 139 Å². The molecule has 1 aliphatic heterocycles. The number of hydrogen-bond acceptors (Lipinski definition) is 4. The molecule has 1 fully saturated rings. The Balaban J connectivity index is 1.69. The Hall–Kier alpha value is -1.79. The predicted molar refractivity (Wildman–Crippen MR) is 93.2 cm³/mol. The first-order chi connectivity index (χ1) is 11.2. The first-order valence-corrected chi connectivity index (χ1v) is 8.09. The highest BCUT2D eigenvalue weighted by Gasteiger charge is 2.18. The van der Waals surface area contributed by atoms with Gasteiger partial charge in [0.2, 0.25) is 0 Å². The van der Waals surface area contributed by atoms with Crippen LogP contribution < -0.4 is 10.1 Å². The molecule has 1 unspecified atom stereocenters. The van der Waals surface area contributed by atoms with Gasteiger partial charge in [-0.15, -0.1) is 0 Å². The van der Waals surface area contributed by atoms with Gasteiger partial charge in [-0.25, -0.2) is 0 Å². The fourth-order valence-electron chi connectivity index (χ4n) is 2.50. The van der Waals surface area contributed by atoms with Crippen molar-refractivity contribution in [2.45, 2.75) is 6.10 Å². The standard InChI is InChI=1S/C17H28N4O2/c1-18-17(19-13-16-14-20(2)9-11-23-16)21(3)10-12-22-15-7-5-4-6-8-15/h4-8,16H,9-14H2,1-3H3,(H,18,19). The molecule has 6 nitrogen and oxygen atoms in total. The van der Waals surface area contributed by atoms with Crippen LogP contribution in [0.1, 0.15) is 0 Å². The van der Waals surface area contributed by atoms with Crippen molar-refractivity contribution in [2.75, 3.05) is 60.5 Å². The summed E-state index contributed by atoms with van der Waals surface area (Å²) >= 11 is 0. The van der Waals surface area contributed by atoms with E-state index in [4.69, 9.17) is 9.47 Å². The van der Waals surface area contributed by atoms with Crippen LogP contribution in [0.2, 0.25) is 0 Å². The van der Waals surface area contributed by atoms with E-state index < -0.39 is 0 Å². The highest BCUT2D eigenvalue weighted by Crippen LogP contribution is 2.07. The van der Waals surface area contributed by atoms with Gasteiger partial charge < -0.3 is 24.6 Å². The monoisotopic (exact) mass is 320 g/mol. The molecule has 128 valence electrons. The topological polar surface area (TPSA) is 49.3 Å². The zero-order chi connectivity index (χ0) is 16.5. The molecule has 1 N–H and O–H groups in total. The largest absolute Gasteiger partial charge is 0.492 e. The van der Waals surface area contributed by atoms with Crippen LogP contribution in [0.25, 0.3) is 0 Å². The van der Waals surface area contributed by atoms with Crippen LogP contribution in [0.15, 0.2) is 35.3 Å². The number of morpholine rings is 1. The third-order valence-electron chi connectivity index (χ3n) is 3.84. The van der Waals surface area contributed by atoms with Crippen molar-refractivity contribution in [3.8, 4) is 5.75 Å². The molecular weight excluding hydrogens is 292 g/mol. The van der Waals surface area contributed by atoms with Gasteiger partial charge in [-0.2, -0.15) is 0 Å². The number of benzene rings is 1. The van der Waals surface area contributed by atoms with Crippen molar-refractivity contribution >= 4 is 5.96 Å². The minimum Gasteiger partial charge on any atom is -0.492 e. The zero-order valence-electron chi connectivity index (χ0n) is 14.4. The molecule has 1 aliphatic rings. The van der Waals surface area contributed by atoms with E-state index in [1.165, 1.54) is 0 Å². The molecule has 0 saturated carbocycles. The third kappa shape index (κ3) is 6.08. The van der Waals surface area contributed by atoms with Crippen LogP contribution in [0, 0.1) is 0 Å². The normalized spacial score (nSPS) is 19.4. The summed E-state index contributed by atoms with van der Waals surface area (Å²) in [4.78, 5) is 8.68. The van der Waals surface area contributed by atoms with Gasteiger partial charge in [-0.05, 0) is 19.2 Å². The second-order valence-corrected chi connectivity index (χ2v) is 5.77. The number of ether oxygens (including phenoxy) is 2. The highest BCUT2D eigenvalue weighted by molar-refractivity contribution is 5.79. The van der Waals surface area contributed by atoms with E-state index in [2.05, 4.69) is 27.2 Å². The molecule has 0 aliphatic carbocycles. The van der Waals surface area contributed by atoms with Gasteiger partial charge in [-0.1, -0.05) is 18.2 Å². The second kappa shape index (κ2) is 9.37. The van der Waals surface area contributed by atoms with Gasteiger partial charge in [0.1, 0.15) is 12.4 Å². The number of rotatable bonds is 6. The Kier molecular flexibility index (Phi) is 7.16. The van der Waals surface area contributed by atoms with E-state index in [-0.39, 0.29) is 6.10 Å². The van der Waals surface area contributed by atoms with Crippen LogP contribution in [0.5, 0.6) is 5.75 Å². The summed E-state index contributed by atoms with van der Waals surface area (Å²) in [7, 11) is 5.93. The van der Waals surface area contributed by atoms with Crippen molar-refractivity contribution in [2.24, 2.45) is 4.99 Å². The van der Waals surface area contributed by atoms with E-state index in [1.807, 2.05) is 37.4 Å². The van der Waals surface area contributed by atoms with Gasteiger partial charge in [0, 0.05) is 33.7 Å². The number of guanidine groups is 1. The first kappa shape index (κ1) is 17.6. The number of aliphatic imine (C=N–C) groups is 1. The molecule has 23 heavy (non-hydrogen) atoms. The van der Waals surface area contributed by atoms with E-state index >= 15 is 0 Å². The quantitative estimate of drug-likeness (QED) is 0.623. The van der Waals surface area contributed by atoms with Crippen LogP contribution in [-0.4, -0.2) is 82.4 Å². The maximum atomic E-state index is 5.76. The number of para-hydroxylation sites is 1. The molecule has 0 aromatic heterocycles. The summed E-state index contributed by atoms with van der Waals surface area (Å²) in [6, 6.07) is 9.85. The number of likely N-dealkylation sites (N-methyl/N-ethyl adjacent to an activating group) is 2. The Bertz CT molecular complexity index is 481. The molecule has 1 heterocycles. The van der Waals surface area contributed by atoms with Crippen molar-refractivity contribution < 1.29 is 9.47 Å².